The van der Waals surface area contributed by atoms with Crippen LogP contribution in [0, 0.1) is 5.92 Å². The molecule has 10 heteroatoms. The predicted octanol–water partition coefficient (Wildman–Crippen LogP) is 1.69. The first-order chi connectivity index (χ1) is 17.3. The van der Waals surface area contributed by atoms with Crippen molar-refractivity contribution in [2.75, 3.05) is 39.8 Å². The zero-order valence-corrected chi connectivity index (χ0v) is 21.3. The molecule has 0 atom stereocenters. The Morgan fingerprint density at radius 3 is 2.50 bits per heavy atom. The van der Waals surface area contributed by atoms with E-state index in [1.807, 2.05) is 34.1 Å². The van der Waals surface area contributed by atoms with E-state index in [0.29, 0.717) is 57.8 Å². The van der Waals surface area contributed by atoms with E-state index in [1.54, 1.807) is 7.11 Å². The van der Waals surface area contributed by atoms with Crippen LogP contribution in [0.15, 0.2) is 24.3 Å². The quantitative estimate of drug-likeness (QED) is 0.553. The predicted molar refractivity (Wildman–Crippen MR) is 133 cm³/mol. The smallest absolute Gasteiger partial charge is 0.344 e. The minimum absolute atomic E-state index is 0.0645. The summed E-state index contributed by atoms with van der Waals surface area (Å²) in [5, 5.41) is 3.67. The second-order valence-corrected chi connectivity index (χ2v) is 10.2. The molecular formula is C26H37N5O5. The Labute approximate surface area is 212 Å². The summed E-state index contributed by atoms with van der Waals surface area (Å²) in [5.41, 5.74) is 2.71. The molecule has 0 aromatic heterocycles. The van der Waals surface area contributed by atoms with Crippen LogP contribution in [0.4, 0.5) is 4.79 Å². The maximum atomic E-state index is 13.0. The zero-order chi connectivity index (χ0) is 25.7. The van der Waals surface area contributed by atoms with Gasteiger partial charge in [0.05, 0.1) is 13.7 Å². The molecule has 3 aliphatic rings. The maximum Gasteiger partial charge on any atom is 0.344 e. The van der Waals surface area contributed by atoms with Crippen molar-refractivity contribution < 1.29 is 23.9 Å². The molecule has 1 aromatic carbocycles. The van der Waals surface area contributed by atoms with Crippen molar-refractivity contribution in [3.05, 3.63) is 29.8 Å². The third-order valence-electron chi connectivity index (χ3n) is 7.62. The highest BCUT2D eigenvalue weighted by Gasteiger charge is 2.52. The van der Waals surface area contributed by atoms with Crippen molar-refractivity contribution >= 4 is 23.8 Å². The molecule has 2 N–H and O–H groups in total. The van der Waals surface area contributed by atoms with Gasteiger partial charge in [0.15, 0.2) is 0 Å². The summed E-state index contributed by atoms with van der Waals surface area (Å²) in [6.45, 7) is 4.62. The van der Waals surface area contributed by atoms with Crippen molar-refractivity contribution in [2.24, 2.45) is 5.92 Å². The summed E-state index contributed by atoms with van der Waals surface area (Å²) in [7, 11) is 1.63. The number of nitrogens with zero attached hydrogens (tertiary/aromatic N) is 3. The van der Waals surface area contributed by atoms with Gasteiger partial charge in [0, 0.05) is 32.6 Å². The number of imide groups is 1. The van der Waals surface area contributed by atoms with E-state index in [-0.39, 0.29) is 18.4 Å². The molecule has 2 heterocycles. The number of nitrogens with one attached hydrogen (secondary N) is 2. The number of aryl methyl sites for hydroxylation is 1. The lowest BCUT2D eigenvalue weighted by atomic mass is 9.77. The Bertz CT molecular complexity index is 973. The topological polar surface area (TPSA) is 111 Å². The lowest BCUT2D eigenvalue weighted by Crippen LogP contribution is -2.53. The van der Waals surface area contributed by atoms with Crippen LogP contribution in [0.1, 0.15) is 51.0 Å². The number of ether oxygens (including phenoxy) is 1. The monoisotopic (exact) mass is 499 g/mol. The lowest BCUT2D eigenvalue weighted by molar-refractivity contribution is -0.140. The summed E-state index contributed by atoms with van der Waals surface area (Å²) < 4.78 is 5.17. The van der Waals surface area contributed by atoms with Crippen LogP contribution in [-0.4, -0.2) is 83.9 Å². The third-order valence-corrected chi connectivity index (χ3v) is 7.62. The van der Waals surface area contributed by atoms with E-state index in [1.165, 1.54) is 0 Å². The van der Waals surface area contributed by atoms with Gasteiger partial charge < -0.3 is 15.0 Å². The van der Waals surface area contributed by atoms with Gasteiger partial charge in [0.25, 0.3) is 11.8 Å². The highest BCUT2D eigenvalue weighted by atomic mass is 16.5. The molecule has 2 aliphatic heterocycles. The summed E-state index contributed by atoms with van der Waals surface area (Å²) in [5.74, 6) is 0.653. The number of hydrazine groups is 1. The van der Waals surface area contributed by atoms with E-state index in [2.05, 4.69) is 17.7 Å². The van der Waals surface area contributed by atoms with Crippen LogP contribution in [0.2, 0.25) is 0 Å². The fourth-order valence-electron chi connectivity index (χ4n) is 5.26. The Morgan fingerprint density at radius 2 is 1.81 bits per heavy atom. The van der Waals surface area contributed by atoms with Crippen molar-refractivity contribution in [1.82, 2.24) is 25.6 Å². The lowest BCUT2D eigenvalue weighted by Gasteiger charge is -2.33. The molecular weight excluding hydrogens is 462 g/mol. The van der Waals surface area contributed by atoms with Crippen LogP contribution in [0.3, 0.4) is 0 Å². The fraction of sp³-hybridized carbons (Fsp3) is 0.615. The molecule has 1 aliphatic carbocycles. The number of hydrogen-bond donors (Lipinski definition) is 2. The second-order valence-electron chi connectivity index (χ2n) is 10.2. The van der Waals surface area contributed by atoms with Gasteiger partial charge in [-0.2, -0.15) is 5.01 Å². The number of carbonyl (C=O) groups excluding carboxylic acids is 4. The van der Waals surface area contributed by atoms with Crippen molar-refractivity contribution in [3.63, 3.8) is 0 Å². The van der Waals surface area contributed by atoms with Crippen molar-refractivity contribution in [3.8, 4) is 5.75 Å². The molecule has 2 saturated heterocycles. The molecule has 1 saturated carbocycles. The van der Waals surface area contributed by atoms with E-state index in [4.69, 9.17) is 4.74 Å². The number of urea groups is 1. The number of methoxy groups -OCH3 is 1. The number of benzene rings is 1. The van der Waals surface area contributed by atoms with Crippen LogP contribution in [0.25, 0.3) is 0 Å². The first-order valence-electron chi connectivity index (χ1n) is 12.9. The first-order valence-corrected chi connectivity index (χ1v) is 12.9. The van der Waals surface area contributed by atoms with Gasteiger partial charge in [-0.05, 0) is 62.1 Å². The van der Waals surface area contributed by atoms with E-state index in [9.17, 15) is 19.2 Å². The van der Waals surface area contributed by atoms with E-state index < -0.39 is 17.5 Å². The molecule has 196 valence electrons. The van der Waals surface area contributed by atoms with Crippen LogP contribution in [0.5, 0.6) is 5.75 Å². The number of hydrogen-bond acceptors (Lipinski definition) is 6. The van der Waals surface area contributed by atoms with Crippen molar-refractivity contribution in [2.45, 2.75) is 57.4 Å². The maximum absolute atomic E-state index is 13.0. The Kier molecular flexibility index (Phi) is 8.13. The van der Waals surface area contributed by atoms with Crippen molar-refractivity contribution in [1.29, 1.82) is 0 Å². The highest BCUT2D eigenvalue weighted by Crippen LogP contribution is 2.35. The molecule has 5 amide bonds. The summed E-state index contributed by atoms with van der Waals surface area (Å²) in [4.78, 5) is 54.7. The molecule has 10 nitrogen and oxygen atoms in total. The van der Waals surface area contributed by atoms with Crippen LogP contribution >= 0.6 is 0 Å². The molecule has 3 fully saturated rings. The summed E-state index contributed by atoms with van der Waals surface area (Å²) in [6.07, 6.45) is 4.79. The molecule has 4 rings (SSSR count). The molecule has 36 heavy (non-hydrogen) atoms. The Balaban J connectivity index is 1.22. The van der Waals surface area contributed by atoms with E-state index in [0.717, 1.165) is 35.6 Å². The largest absolute Gasteiger partial charge is 0.497 e. The molecule has 0 bridgehead atoms. The molecule has 1 spiro atoms. The SMILES string of the molecule is COc1ccc(CCC(=O)N2CCCN(CC(=O)NN3C(=O)NC4(CCC(C)CC4)C3=O)CC2)cc1. The number of carbonyl (C=O) groups is 4. The molecule has 0 radical (unpaired) electrons. The van der Waals surface area contributed by atoms with Gasteiger partial charge in [-0.1, -0.05) is 19.1 Å². The van der Waals surface area contributed by atoms with Crippen LogP contribution in [-0.2, 0) is 20.8 Å². The molecule has 0 unspecified atom stereocenters. The van der Waals surface area contributed by atoms with Gasteiger partial charge in [-0.25, -0.2) is 4.79 Å². The van der Waals surface area contributed by atoms with Gasteiger partial charge in [-0.15, -0.1) is 0 Å². The highest BCUT2D eigenvalue weighted by molar-refractivity contribution is 6.08. The minimum atomic E-state index is -0.883. The average Bonchev–Trinajstić information content (AvgIpc) is 3.02. The number of rotatable bonds is 7. The van der Waals surface area contributed by atoms with Crippen LogP contribution < -0.4 is 15.5 Å². The first kappa shape index (κ1) is 25.9. The zero-order valence-electron chi connectivity index (χ0n) is 21.3. The normalized spacial score (nSPS) is 25.0. The summed E-state index contributed by atoms with van der Waals surface area (Å²) >= 11 is 0. The third kappa shape index (κ3) is 5.98. The number of amides is 5. The van der Waals surface area contributed by atoms with Gasteiger partial charge in [-0.3, -0.25) is 24.7 Å². The van der Waals surface area contributed by atoms with E-state index >= 15 is 0 Å². The van der Waals surface area contributed by atoms with Gasteiger partial charge in [0.1, 0.15) is 11.3 Å². The minimum Gasteiger partial charge on any atom is -0.497 e. The van der Waals surface area contributed by atoms with Gasteiger partial charge in [0.2, 0.25) is 5.91 Å². The van der Waals surface area contributed by atoms with Gasteiger partial charge >= 0.3 is 6.03 Å². The fourth-order valence-corrected chi connectivity index (χ4v) is 5.26. The average molecular weight is 500 g/mol. The Hall–Kier alpha value is -3.14. The standard InChI is InChI=1S/C26H37N5O5/c1-19-10-12-26(13-11-19)24(34)31(25(35)27-26)28-22(32)18-29-14-3-15-30(17-16-29)23(33)9-6-20-4-7-21(36-2)8-5-20/h4-5,7-8,19H,3,6,9-18H2,1-2H3,(H,27,35)(H,28,32). The second kappa shape index (κ2) is 11.3. The molecule has 1 aromatic rings. The Morgan fingerprint density at radius 1 is 1.08 bits per heavy atom. The summed E-state index contributed by atoms with van der Waals surface area (Å²) in [6, 6.07) is 7.16.